The van der Waals surface area contributed by atoms with Crippen molar-refractivity contribution >= 4 is 11.6 Å². The number of aryl methyl sites for hydroxylation is 1. The third-order valence-electron chi connectivity index (χ3n) is 2.69. The Morgan fingerprint density at radius 3 is 2.38 bits per heavy atom. The molecule has 0 saturated carbocycles. The van der Waals surface area contributed by atoms with Crippen molar-refractivity contribution in [2.45, 2.75) is 39.2 Å². The fourth-order valence-corrected chi connectivity index (χ4v) is 1.83. The lowest BCUT2D eigenvalue weighted by atomic mass is 10.1. The van der Waals surface area contributed by atoms with Crippen LogP contribution in [0.4, 0.5) is 0 Å². The molecule has 0 saturated heterocycles. The minimum Gasteiger partial charge on any atom is -0.313 e. The minimum absolute atomic E-state index is 0.802. The molecule has 0 aliphatic carbocycles. The second-order valence-corrected chi connectivity index (χ2v) is 4.64. The van der Waals surface area contributed by atoms with Gasteiger partial charge in [0.2, 0.25) is 0 Å². The molecule has 0 aliphatic heterocycles. The van der Waals surface area contributed by atoms with Crippen LogP contribution in [-0.2, 0) is 6.54 Å². The van der Waals surface area contributed by atoms with Crippen LogP contribution in [-0.4, -0.2) is 12.4 Å². The van der Waals surface area contributed by atoms with Crippen LogP contribution >= 0.6 is 11.6 Å². The predicted octanol–water partition coefficient (Wildman–Crippen LogP) is 3.88. The average molecular weight is 240 g/mol. The molecule has 1 aromatic carbocycles. The Hall–Kier alpha value is -0.530. The number of hydrogen-bond acceptors (Lipinski definition) is 1. The predicted molar refractivity (Wildman–Crippen MR) is 72.1 cm³/mol. The summed E-state index contributed by atoms with van der Waals surface area (Å²) in [5.41, 5.74) is 2.69. The molecule has 0 aromatic heterocycles. The fourth-order valence-electron chi connectivity index (χ4n) is 1.64. The van der Waals surface area contributed by atoms with Crippen LogP contribution < -0.4 is 5.32 Å². The molecule has 0 heterocycles. The van der Waals surface area contributed by atoms with Gasteiger partial charge in [-0.25, -0.2) is 0 Å². The summed E-state index contributed by atoms with van der Waals surface area (Å²) in [5, 5.41) is 3.47. The van der Waals surface area contributed by atoms with E-state index >= 15 is 0 Å². The molecule has 16 heavy (non-hydrogen) atoms. The number of hydrogen-bond donors (Lipinski definition) is 1. The van der Waals surface area contributed by atoms with Crippen LogP contribution in [0.5, 0.6) is 0 Å². The standard InChI is InChI=1S/C14H22ClN/c1-13-6-8-14(9-7-13)12-16-11-5-3-2-4-10-15/h6-9,16H,2-5,10-12H2,1H3. The van der Waals surface area contributed by atoms with Crippen molar-refractivity contribution in [2.75, 3.05) is 12.4 Å². The minimum atomic E-state index is 0.802. The third-order valence-corrected chi connectivity index (χ3v) is 2.95. The maximum atomic E-state index is 5.62. The molecule has 0 radical (unpaired) electrons. The van der Waals surface area contributed by atoms with Crippen molar-refractivity contribution in [2.24, 2.45) is 0 Å². The number of unbranched alkanes of at least 4 members (excludes halogenated alkanes) is 3. The number of benzene rings is 1. The van der Waals surface area contributed by atoms with Crippen LogP contribution in [0.2, 0.25) is 0 Å². The summed E-state index contributed by atoms with van der Waals surface area (Å²) in [4.78, 5) is 0. The van der Waals surface area contributed by atoms with Crippen molar-refractivity contribution < 1.29 is 0 Å². The second kappa shape index (κ2) is 8.60. The molecule has 1 rings (SSSR count). The van der Waals surface area contributed by atoms with Gasteiger partial charge in [0.05, 0.1) is 0 Å². The molecule has 1 nitrogen and oxygen atoms in total. The summed E-state index contributed by atoms with van der Waals surface area (Å²) in [7, 11) is 0. The zero-order valence-electron chi connectivity index (χ0n) is 10.1. The zero-order chi connectivity index (χ0) is 11.6. The first-order valence-electron chi connectivity index (χ1n) is 6.15. The number of alkyl halides is 1. The van der Waals surface area contributed by atoms with E-state index in [9.17, 15) is 0 Å². The molecule has 0 aliphatic rings. The smallest absolute Gasteiger partial charge is 0.0223 e. The first-order valence-corrected chi connectivity index (χ1v) is 6.68. The summed E-state index contributed by atoms with van der Waals surface area (Å²) in [6.07, 6.45) is 4.95. The van der Waals surface area contributed by atoms with Crippen molar-refractivity contribution in [3.05, 3.63) is 35.4 Å². The van der Waals surface area contributed by atoms with E-state index in [1.807, 2.05) is 0 Å². The summed E-state index contributed by atoms with van der Waals surface area (Å²) in [6, 6.07) is 8.71. The van der Waals surface area contributed by atoms with Crippen molar-refractivity contribution in [3.8, 4) is 0 Å². The van der Waals surface area contributed by atoms with E-state index in [4.69, 9.17) is 11.6 Å². The van der Waals surface area contributed by atoms with E-state index in [1.54, 1.807) is 0 Å². The van der Waals surface area contributed by atoms with Crippen molar-refractivity contribution in [1.29, 1.82) is 0 Å². The lowest BCUT2D eigenvalue weighted by molar-refractivity contribution is 0.599. The molecule has 0 amide bonds. The maximum Gasteiger partial charge on any atom is 0.0223 e. The Morgan fingerprint density at radius 1 is 1.00 bits per heavy atom. The summed E-state index contributed by atoms with van der Waals surface area (Å²) in [5.74, 6) is 0.802. The van der Waals surface area contributed by atoms with E-state index in [2.05, 4.69) is 36.5 Å². The molecule has 0 spiro atoms. The Morgan fingerprint density at radius 2 is 1.69 bits per heavy atom. The molecular weight excluding hydrogens is 218 g/mol. The first-order chi connectivity index (χ1) is 7.83. The largest absolute Gasteiger partial charge is 0.313 e. The molecule has 0 bridgehead atoms. The maximum absolute atomic E-state index is 5.62. The Labute approximate surface area is 104 Å². The van der Waals surface area contributed by atoms with Gasteiger partial charge in [-0.3, -0.25) is 0 Å². The van der Waals surface area contributed by atoms with Crippen molar-refractivity contribution in [3.63, 3.8) is 0 Å². The second-order valence-electron chi connectivity index (χ2n) is 4.27. The molecule has 0 fully saturated rings. The zero-order valence-corrected chi connectivity index (χ0v) is 10.9. The quantitative estimate of drug-likeness (QED) is 0.536. The van der Waals surface area contributed by atoms with E-state index in [1.165, 1.54) is 30.4 Å². The van der Waals surface area contributed by atoms with Gasteiger partial charge in [-0.05, 0) is 31.9 Å². The highest BCUT2D eigenvalue weighted by molar-refractivity contribution is 6.17. The monoisotopic (exact) mass is 239 g/mol. The lowest BCUT2D eigenvalue weighted by Crippen LogP contribution is -2.14. The van der Waals surface area contributed by atoms with E-state index in [-0.39, 0.29) is 0 Å². The molecule has 2 heteroatoms. The molecular formula is C14H22ClN. The van der Waals surface area contributed by atoms with Gasteiger partial charge >= 0.3 is 0 Å². The van der Waals surface area contributed by atoms with Gasteiger partial charge in [-0.2, -0.15) is 0 Å². The van der Waals surface area contributed by atoms with Crippen LogP contribution in [0.3, 0.4) is 0 Å². The first kappa shape index (κ1) is 13.5. The van der Waals surface area contributed by atoms with E-state index < -0.39 is 0 Å². The number of rotatable bonds is 8. The van der Waals surface area contributed by atoms with E-state index in [0.29, 0.717) is 0 Å². The molecule has 90 valence electrons. The number of halogens is 1. The molecule has 0 unspecified atom stereocenters. The van der Waals surface area contributed by atoms with Gasteiger partial charge in [-0.15, -0.1) is 11.6 Å². The normalized spacial score (nSPS) is 10.6. The highest BCUT2D eigenvalue weighted by Crippen LogP contribution is 2.03. The Kier molecular flexibility index (Phi) is 7.28. The van der Waals surface area contributed by atoms with Crippen LogP contribution in [0.15, 0.2) is 24.3 Å². The number of nitrogens with one attached hydrogen (secondary N) is 1. The fraction of sp³-hybridized carbons (Fsp3) is 0.571. The van der Waals surface area contributed by atoms with Gasteiger partial charge in [0.25, 0.3) is 0 Å². The average Bonchev–Trinajstić information content (AvgIpc) is 2.30. The summed E-state index contributed by atoms with van der Waals surface area (Å²) >= 11 is 5.62. The van der Waals surface area contributed by atoms with Gasteiger partial charge in [-0.1, -0.05) is 42.7 Å². The van der Waals surface area contributed by atoms with Gasteiger partial charge in [0.15, 0.2) is 0 Å². The molecule has 1 aromatic rings. The van der Waals surface area contributed by atoms with Gasteiger partial charge in [0, 0.05) is 12.4 Å². The van der Waals surface area contributed by atoms with Crippen LogP contribution in [0.25, 0.3) is 0 Å². The Balaban J connectivity index is 2.01. The Bertz CT molecular complexity index is 269. The van der Waals surface area contributed by atoms with Gasteiger partial charge < -0.3 is 5.32 Å². The summed E-state index contributed by atoms with van der Waals surface area (Å²) in [6.45, 7) is 4.21. The van der Waals surface area contributed by atoms with Gasteiger partial charge in [0.1, 0.15) is 0 Å². The molecule has 0 atom stereocenters. The lowest BCUT2D eigenvalue weighted by Gasteiger charge is -2.05. The SMILES string of the molecule is Cc1ccc(CNCCCCCCCl)cc1. The topological polar surface area (TPSA) is 12.0 Å². The van der Waals surface area contributed by atoms with Crippen LogP contribution in [0.1, 0.15) is 36.8 Å². The summed E-state index contributed by atoms with van der Waals surface area (Å²) < 4.78 is 0. The third kappa shape index (κ3) is 6.14. The van der Waals surface area contributed by atoms with E-state index in [0.717, 1.165) is 25.4 Å². The highest BCUT2D eigenvalue weighted by atomic mass is 35.5. The molecule has 1 N–H and O–H groups in total. The van der Waals surface area contributed by atoms with Crippen molar-refractivity contribution in [1.82, 2.24) is 5.32 Å². The van der Waals surface area contributed by atoms with Crippen LogP contribution in [0, 0.1) is 6.92 Å². The highest BCUT2D eigenvalue weighted by Gasteiger charge is 1.92.